The van der Waals surface area contributed by atoms with Gasteiger partial charge in [0.05, 0.1) is 24.7 Å². The van der Waals surface area contributed by atoms with Gasteiger partial charge in [-0.15, -0.1) is 0 Å². The number of ether oxygens (including phenoxy) is 1. The zero-order valence-electron chi connectivity index (χ0n) is 20.3. The van der Waals surface area contributed by atoms with Gasteiger partial charge in [-0.25, -0.2) is 13.2 Å². The Balaban J connectivity index is 1.82. The molecule has 3 aromatic carbocycles. The van der Waals surface area contributed by atoms with Gasteiger partial charge in [-0.05, 0) is 152 Å². The summed E-state index contributed by atoms with van der Waals surface area (Å²) in [4.78, 5) is 26.1. The standard InChI is InChI=1S/C26H23I4NO6S/c1-3-9-31(10-4-2)38(35,36)18-7-5-15(6-8-18)26(34)37-25-21(29)13-17(14-22(25)30)23(32)16-11-19(27)24(33)20(28)12-16/h5-8,11-14,33H,3-4,9-10H2,1-2H3. The highest BCUT2D eigenvalue weighted by Gasteiger charge is 2.24. The van der Waals surface area contributed by atoms with Gasteiger partial charge in [0.2, 0.25) is 10.0 Å². The number of nitrogens with zero attached hydrogens (tertiary/aromatic N) is 1. The minimum absolute atomic E-state index is 0.126. The number of hydrogen-bond donors (Lipinski definition) is 1. The van der Waals surface area contributed by atoms with Crippen molar-refractivity contribution in [1.29, 1.82) is 0 Å². The number of hydrogen-bond acceptors (Lipinski definition) is 6. The number of halogens is 4. The van der Waals surface area contributed by atoms with Gasteiger partial charge in [-0.3, -0.25) is 4.79 Å². The van der Waals surface area contributed by atoms with E-state index in [0.29, 0.717) is 57.1 Å². The van der Waals surface area contributed by atoms with Gasteiger partial charge >= 0.3 is 5.97 Å². The molecule has 1 N–H and O–H groups in total. The second-order valence-electron chi connectivity index (χ2n) is 8.20. The Kier molecular flexibility index (Phi) is 11.7. The van der Waals surface area contributed by atoms with E-state index in [0.717, 1.165) is 0 Å². The molecule has 0 fully saturated rings. The van der Waals surface area contributed by atoms with Crippen molar-refractivity contribution in [2.75, 3.05) is 13.1 Å². The number of sulfonamides is 1. The van der Waals surface area contributed by atoms with E-state index >= 15 is 0 Å². The smallest absolute Gasteiger partial charge is 0.343 e. The van der Waals surface area contributed by atoms with Crippen LogP contribution in [0.25, 0.3) is 0 Å². The second kappa shape index (κ2) is 13.9. The predicted molar refractivity (Wildman–Crippen MR) is 180 cm³/mol. The summed E-state index contributed by atoms with van der Waals surface area (Å²) in [5.41, 5.74) is 1.08. The highest BCUT2D eigenvalue weighted by molar-refractivity contribution is 14.1. The van der Waals surface area contributed by atoms with Crippen LogP contribution in [0.15, 0.2) is 53.4 Å². The van der Waals surface area contributed by atoms with Crippen LogP contribution in [0.2, 0.25) is 0 Å². The van der Waals surface area contributed by atoms with E-state index in [1.54, 1.807) is 24.3 Å². The van der Waals surface area contributed by atoms with Crippen molar-refractivity contribution in [2.45, 2.75) is 31.6 Å². The molecule has 0 spiro atoms. The Hall–Kier alpha value is -0.570. The first-order valence-corrected chi connectivity index (χ1v) is 17.2. The van der Waals surface area contributed by atoms with Crippen LogP contribution in [0.4, 0.5) is 0 Å². The second-order valence-corrected chi connectivity index (χ2v) is 14.8. The lowest BCUT2D eigenvalue weighted by Gasteiger charge is -2.21. The van der Waals surface area contributed by atoms with Crippen molar-refractivity contribution in [3.8, 4) is 11.5 Å². The molecular formula is C26H23I4NO6S. The predicted octanol–water partition coefficient (Wildman–Crippen LogP) is 7.07. The summed E-state index contributed by atoms with van der Waals surface area (Å²) in [6, 6.07) is 12.3. The third kappa shape index (κ3) is 7.38. The third-order valence-corrected chi connectivity index (χ3v) is 10.6. The van der Waals surface area contributed by atoms with E-state index < -0.39 is 16.0 Å². The summed E-state index contributed by atoms with van der Waals surface area (Å²) in [7, 11) is -3.65. The Bertz CT molecular complexity index is 1420. The van der Waals surface area contributed by atoms with E-state index in [1.807, 2.05) is 104 Å². The topological polar surface area (TPSA) is 101 Å². The fourth-order valence-electron chi connectivity index (χ4n) is 3.57. The molecule has 0 unspecified atom stereocenters. The first-order valence-electron chi connectivity index (χ1n) is 11.4. The molecule has 3 rings (SSSR count). The monoisotopic (exact) mass is 985 g/mol. The van der Waals surface area contributed by atoms with Crippen LogP contribution in [0.5, 0.6) is 11.5 Å². The van der Waals surface area contributed by atoms with Crippen molar-refractivity contribution in [3.63, 3.8) is 0 Å². The van der Waals surface area contributed by atoms with Crippen molar-refractivity contribution in [3.05, 3.63) is 79.5 Å². The minimum atomic E-state index is -3.65. The molecule has 0 atom stereocenters. The Morgan fingerprint density at radius 3 is 1.68 bits per heavy atom. The van der Waals surface area contributed by atoms with E-state index in [-0.39, 0.29) is 22.0 Å². The quantitative estimate of drug-likeness (QED) is 0.101. The van der Waals surface area contributed by atoms with E-state index in [1.165, 1.54) is 28.6 Å². The van der Waals surface area contributed by atoms with E-state index in [4.69, 9.17) is 4.74 Å². The molecule has 3 aromatic rings. The summed E-state index contributed by atoms with van der Waals surface area (Å²) >= 11 is 7.98. The van der Waals surface area contributed by atoms with Gasteiger partial charge in [0, 0.05) is 24.2 Å². The first kappa shape index (κ1) is 32.0. The zero-order valence-corrected chi connectivity index (χ0v) is 29.7. The molecule has 202 valence electrons. The minimum Gasteiger partial charge on any atom is -0.506 e. The van der Waals surface area contributed by atoms with Crippen LogP contribution in [0.3, 0.4) is 0 Å². The number of carbonyl (C=O) groups is 2. The lowest BCUT2D eigenvalue weighted by Crippen LogP contribution is -2.32. The highest BCUT2D eigenvalue weighted by atomic mass is 127. The Labute approximate surface area is 276 Å². The molecule has 0 bridgehead atoms. The van der Waals surface area contributed by atoms with Gasteiger partial charge in [0.15, 0.2) is 11.5 Å². The molecule has 7 nitrogen and oxygen atoms in total. The van der Waals surface area contributed by atoms with Crippen LogP contribution in [0.1, 0.15) is 53.0 Å². The highest BCUT2D eigenvalue weighted by Crippen LogP contribution is 2.32. The Morgan fingerprint density at radius 1 is 0.789 bits per heavy atom. The number of esters is 1. The average molecular weight is 985 g/mol. The number of phenolic OH excluding ortho intramolecular Hbond substituents is 1. The van der Waals surface area contributed by atoms with Crippen molar-refractivity contribution in [2.24, 2.45) is 0 Å². The number of phenols is 1. The maximum Gasteiger partial charge on any atom is 0.343 e. The lowest BCUT2D eigenvalue weighted by molar-refractivity contribution is 0.0732. The molecule has 0 saturated carbocycles. The summed E-state index contributed by atoms with van der Waals surface area (Å²) in [5.74, 6) is -0.396. The first-order chi connectivity index (χ1) is 17.9. The summed E-state index contributed by atoms with van der Waals surface area (Å²) in [5, 5.41) is 10.00. The van der Waals surface area contributed by atoms with Gasteiger partial charge in [-0.1, -0.05) is 13.8 Å². The van der Waals surface area contributed by atoms with Gasteiger partial charge < -0.3 is 9.84 Å². The average Bonchev–Trinajstić information content (AvgIpc) is 2.88. The molecule has 38 heavy (non-hydrogen) atoms. The number of benzene rings is 3. The van der Waals surface area contributed by atoms with Crippen LogP contribution >= 0.6 is 90.4 Å². The van der Waals surface area contributed by atoms with Crippen molar-refractivity contribution >= 4 is 112 Å². The summed E-state index contributed by atoms with van der Waals surface area (Å²) in [6.45, 7) is 4.72. The summed E-state index contributed by atoms with van der Waals surface area (Å²) < 4.78 is 35.4. The van der Waals surface area contributed by atoms with Crippen LogP contribution in [-0.4, -0.2) is 42.7 Å². The normalized spacial score (nSPS) is 11.6. The molecule has 0 aliphatic rings. The molecule has 12 heteroatoms. The van der Waals surface area contributed by atoms with Gasteiger partial charge in [-0.2, -0.15) is 4.31 Å². The molecule has 0 aliphatic heterocycles. The maximum atomic E-state index is 13.1. The maximum absolute atomic E-state index is 13.1. The van der Waals surface area contributed by atoms with E-state index in [2.05, 4.69) is 0 Å². The molecule has 0 aliphatic carbocycles. The van der Waals surface area contributed by atoms with Crippen LogP contribution < -0.4 is 4.74 Å². The number of aromatic hydroxyl groups is 1. The van der Waals surface area contributed by atoms with Gasteiger partial charge in [0.1, 0.15) is 5.75 Å². The molecule has 0 radical (unpaired) electrons. The molecule has 0 aromatic heterocycles. The SMILES string of the molecule is CCCN(CCC)S(=O)(=O)c1ccc(C(=O)Oc2c(I)cc(C(=O)c3cc(I)c(O)c(I)c3)cc2I)cc1. The number of ketones is 1. The molecule has 0 amide bonds. The van der Waals surface area contributed by atoms with Crippen molar-refractivity contribution in [1.82, 2.24) is 4.31 Å². The number of rotatable bonds is 10. The lowest BCUT2D eigenvalue weighted by atomic mass is 10.0. The molecule has 0 saturated heterocycles. The van der Waals surface area contributed by atoms with Crippen molar-refractivity contribution < 1.29 is 27.9 Å². The molecule has 0 heterocycles. The van der Waals surface area contributed by atoms with Crippen LogP contribution in [0, 0.1) is 14.3 Å². The van der Waals surface area contributed by atoms with Gasteiger partial charge in [0.25, 0.3) is 0 Å². The fourth-order valence-corrected chi connectivity index (χ4v) is 8.95. The summed E-state index contributed by atoms with van der Waals surface area (Å²) in [6.07, 6.45) is 1.41. The molecular weight excluding hydrogens is 962 g/mol. The largest absolute Gasteiger partial charge is 0.506 e. The Morgan fingerprint density at radius 2 is 1.24 bits per heavy atom. The van der Waals surface area contributed by atoms with Crippen LogP contribution in [-0.2, 0) is 10.0 Å². The third-order valence-electron chi connectivity index (χ3n) is 5.41. The number of carbonyl (C=O) groups excluding carboxylic acids is 2. The van der Waals surface area contributed by atoms with E-state index in [9.17, 15) is 23.1 Å². The zero-order chi connectivity index (χ0) is 28.2. The fraction of sp³-hybridized carbons (Fsp3) is 0.231.